The van der Waals surface area contributed by atoms with Gasteiger partial charge in [-0.1, -0.05) is 42.5 Å². The summed E-state index contributed by atoms with van der Waals surface area (Å²) in [7, 11) is 0. The van der Waals surface area contributed by atoms with Crippen molar-refractivity contribution < 1.29 is 9.90 Å². The van der Waals surface area contributed by atoms with Gasteiger partial charge in [0.05, 0.1) is 6.04 Å². The molecule has 2 aromatic rings. The quantitative estimate of drug-likeness (QED) is 0.862. The molecule has 1 atom stereocenters. The molecular formula is C15H15NO2. The molecule has 0 aliphatic carbocycles. The third-order valence-electron chi connectivity index (χ3n) is 2.79. The van der Waals surface area contributed by atoms with Crippen LogP contribution in [0.5, 0.6) is 5.75 Å². The molecule has 3 N–H and O–H groups in total. The summed E-state index contributed by atoms with van der Waals surface area (Å²) >= 11 is 0. The van der Waals surface area contributed by atoms with Crippen LogP contribution in [0.1, 0.15) is 17.2 Å². The van der Waals surface area contributed by atoms with Crippen LogP contribution in [0, 0.1) is 0 Å². The van der Waals surface area contributed by atoms with Crippen molar-refractivity contribution in [3.8, 4) is 5.75 Å². The van der Waals surface area contributed by atoms with E-state index in [-0.39, 0.29) is 18.0 Å². The molecule has 0 aromatic heterocycles. The van der Waals surface area contributed by atoms with Gasteiger partial charge in [0, 0.05) is 6.42 Å². The molecule has 3 nitrogen and oxygen atoms in total. The van der Waals surface area contributed by atoms with E-state index in [1.807, 2.05) is 30.3 Å². The first-order chi connectivity index (χ1) is 8.66. The third-order valence-corrected chi connectivity index (χ3v) is 2.79. The van der Waals surface area contributed by atoms with Crippen LogP contribution in [-0.4, -0.2) is 10.9 Å². The van der Waals surface area contributed by atoms with Gasteiger partial charge in [-0.2, -0.15) is 0 Å². The fourth-order valence-electron chi connectivity index (χ4n) is 1.82. The van der Waals surface area contributed by atoms with Crippen molar-refractivity contribution in [2.75, 3.05) is 0 Å². The van der Waals surface area contributed by atoms with E-state index in [2.05, 4.69) is 0 Å². The molecular weight excluding hydrogens is 226 g/mol. The molecule has 2 rings (SSSR count). The standard InChI is InChI=1S/C15H15NO2/c16-15(12-6-2-1-3-7-12)14(18)10-11-5-4-8-13(17)9-11/h1-9,15,17H,10,16H2/t15-/m1/s1. The van der Waals surface area contributed by atoms with Crippen LogP contribution < -0.4 is 5.73 Å². The minimum atomic E-state index is -0.617. The van der Waals surface area contributed by atoms with E-state index in [1.54, 1.807) is 24.3 Å². The van der Waals surface area contributed by atoms with Crippen LogP contribution >= 0.6 is 0 Å². The van der Waals surface area contributed by atoms with E-state index in [9.17, 15) is 9.90 Å². The van der Waals surface area contributed by atoms with E-state index >= 15 is 0 Å². The highest BCUT2D eigenvalue weighted by Gasteiger charge is 2.15. The average Bonchev–Trinajstić information content (AvgIpc) is 2.39. The largest absolute Gasteiger partial charge is 0.508 e. The van der Waals surface area contributed by atoms with Gasteiger partial charge in [0.1, 0.15) is 5.75 Å². The zero-order valence-corrected chi connectivity index (χ0v) is 9.91. The van der Waals surface area contributed by atoms with Gasteiger partial charge in [-0.25, -0.2) is 0 Å². The summed E-state index contributed by atoms with van der Waals surface area (Å²) in [5.74, 6) is 0.0976. The minimum Gasteiger partial charge on any atom is -0.508 e. The predicted octanol–water partition coefficient (Wildman–Crippen LogP) is 2.20. The molecule has 0 amide bonds. The minimum absolute atomic E-state index is 0.0631. The Bertz CT molecular complexity index is 537. The number of hydrogen-bond acceptors (Lipinski definition) is 3. The van der Waals surface area contributed by atoms with Gasteiger partial charge < -0.3 is 10.8 Å². The highest BCUT2D eigenvalue weighted by Crippen LogP contribution is 2.16. The highest BCUT2D eigenvalue weighted by atomic mass is 16.3. The number of nitrogens with two attached hydrogens (primary N) is 1. The smallest absolute Gasteiger partial charge is 0.158 e. The Morgan fingerprint density at radius 1 is 1.11 bits per heavy atom. The van der Waals surface area contributed by atoms with E-state index in [0.29, 0.717) is 0 Å². The van der Waals surface area contributed by atoms with Crippen molar-refractivity contribution in [1.82, 2.24) is 0 Å². The Labute approximate surface area is 106 Å². The Hall–Kier alpha value is -2.13. The van der Waals surface area contributed by atoms with Gasteiger partial charge in [0.25, 0.3) is 0 Å². The van der Waals surface area contributed by atoms with Crippen LogP contribution in [0.4, 0.5) is 0 Å². The Balaban J connectivity index is 2.09. The summed E-state index contributed by atoms with van der Waals surface area (Å²) in [6.45, 7) is 0. The Morgan fingerprint density at radius 3 is 2.50 bits per heavy atom. The number of benzene rings is 2. The average molecular weight is 241 g/mol. The number of rotatable bonds is 4. The number of carbonyl (C=O) groups is 1. The second-order valence-corrected chi connectivity index (χ2v) is 4.20. The van der Waals surface area contributed by atoms with Gasteiger partial charge in [-0.3, -0.25) is 4.79 Å². The van der Waals surface area contributed by atoms with E-state index in [1.165, 1.54) is 0 Å². The van der Waals surface area contributed by atoms with Gasteiger partial charge in [-0.15, -0.1) is 0 Å². The van der Waals surface area contributed by atoms with Crippen molar-refractivity contribution >= 4 is 5.78 Å². The van der Waals surface area contributed by atoms with E-state index in [0.717, 1.165) is 11.1 Å². The summed E-state index contributed by atoms with van der Waals surface area (Å²) in [4.78, 5) is 12.0. The maximum atomic E-state index is 12.0. The molecule has 2 aromatic carbocycles. The van der Waals surface area contributed by atoms with Crippen LogP contribution in [0.2, 0.25) is 0 Å². The molecule has 0 aliphatic rings. The van der Waals surface area contributed by atoms with E-state index in [4.69, 9.17) is 5.73 Å². The molecule has 0 fully saturated rings. The van der Waals surface area contributed by atoms with Crippen molar-refractivity contribution in [3.63, 3.8) is 0 Å². The Kier molecular flexibility index (Phi) is 3.75. The van der Waals surface area contributed by atoms with Crippen molar-refractivity contribution in [1.29, 1.82) is 0 Å². The fraction of sp³-hybridized carbons (Fsp3) is 0.133. The fourth-order valence-corrected chi connectivity index (χ4v) is 1.82. The maximum Gasteiger partial charge on any atom is 0.158 e. The first kappa shape index (κ1) is 12.3. The molecule has 0 saturated carbocycles. The Morgan fingerprint density at radius 2 is 1.83 bits per heavy atom. The molecule has 0 heterocycles. The number of hydrogen-bond donors (Lipinski definition) is 2. The SMILES string of the molecule is N[C@@H](C(=O)Cc1cccc(O)c1)c1ccccc1. The lowest BCUT2D eigenvalue weighted by Gasteiger charge is -2.10. The van der Waals surface area contributed by atoms with Crippen LogP contribution in [0.25, 0.3) is 0 Å². The second kappa shape index (κ2) is 5.47. The van der Waals surface area contributed by atoms with Gasteiger partial charge in [-0.05, 0) is 23.3 Å². The number of aromatic hydroxyl groups is 1. The lowest BCUT2D eigenvalue weighted by Crippen LogP contribution is -2.23. The lowest BCUT2D eigenvalue weighted by molar-refractivity contribution is -0.119. The first-order valence-electron chi connectivity index (χ1n) is 5.78. The molecule has 18 heavy (non-hydrogen) atoms. The molecule has 92 valence electrons. The number of carbonyl (C=O) groups excluding carboxylic acids is 1. The van der Waals surface area contributed by atoms with Crippen molar-refractivity contribution in [2.24, 2.45) is 5.73 Å². The molecule has 0 bridgehead atoms. The molecule has 0 unspecified atom stereocenters. The summed E-state index contributed by atoms with van der Waals surface area (Å²) in [5.41, 5.74) is 7.49. The van der Waals surface area contributed by atoms with Crippen LogP contribution in [-0.2, 0) is 11.2 Å². The van der Waals surface area contributed by atoms with E-state index < -0.39 is 6.04 Å². The molecule has 0 radical (unpaired) electrons. The van der Waals surface area contributed by atoms with Crippen molar-refractivity contribution in [3.05, 3.63) is 65.7 Å². The molecule has 0 spiro atoms. The second-order valence-electron chi connectivity index (χ2n) is 4.20. The van der Waals surface area contributed by atoms with Gasteiger partial charge in [0.2, 0.25) is 0 Å². The summed E-state index contributed by atoms with van der Waals surface area (Å²) in [5, 5.41) is 9.34. The molecule has 0 aliphatic heterocycles. The summed E-state index contributed by atoms with van der Waals surface area (Å²) in [6, 6.07) is 15.3. The predicted molar refractivity (Wildman–Crippen MR) is 70.2 cm³/mol. The zero-order chi connectivity index (χ0) is 13.0. The molecule has 0 saturated heterocycles. The number of Topliss-reactive ketones (excluding diaryl/α,β-unsaturated/α-hetero) is 1. The lowest BCUT2D eigenvalue weighted by atomic mass is 9.98. The first-order valence-corrected chi connectivity index (χ1v) is 5.78. The van der Waals surface area contributed by atoms with Crippen molar-refractivity contribution in [2.45, 2.75) is 12.5 Å². The maximum absolute atomic E-state index is 12.0. The number of phenolic OH excluding ortho intramolecular Hbond substituents is 1. The summed E-state index contributed by atoms with van der Waals surface area (Å²) in [6.07, 6.45) is 0.227. The monoisotopic (exact) mass is 241 g/mol. The van der Waals surface area contributed by atoms with Gasteiger partial charge in [0.15, 0.2) is 5.78 Å². The number of phenols is 1. The molecule has 3 heteroatoms. The normalized spacial score (nSPS) is 12.1. The van der Waals surface area contributed by atoms with Crippen LogP contribution in [0.3, 0.4) is 0 Å². The highest BCUT2D eigenvalue weighted by molar-refractivity contribution is 5.87. The zero-order valence-electron chi connectivity index (χ0n) is 9.91. The third kappa shape index (κ3) is 2.96. The summed E-state index contributed by atoms with van der Waals surface area (Å²) < 4.78 is 0. The van der Waals surface area contributed by atoms with Crippen LogP contribution in [0.15, 0.2) is 54.6 Å². The number of ketones is 1. The van der Waals surface area contributed by atoms with Gasteiger partial charge >= 0.3 is 0 Å². The topological polar surface area (TPSA) is 63.3 Å².